The Morgan fingerprint density at radius 1 is 1.21 bits per heavy atom. The molecular formula is C20H22FNO2. The second-order valence-corrected chi connectivity index (χ2v) is 6.94. The Morgan fingerprint density at radius 2 is 2.04 bits per heavy atom. The van der Waals surface area contributed by atoms with E-state index >= 15 is 0 Å². The van der Waals surface area contributed by atoms with Crippen molar-refractivity contribution in [2.45, 2.75) is 12.5 Å². The normalized spacial score (nSPS) is 25.8. The van der Waals surface area contributed by atoms with E-state index in [0.717, 1.165) is 25.2 Å². The summed E-state index contributed by atoms with van der Waals surface area (Å²) in [7, 11) is 1.71. The maximum atomic E-state index is 14.5. The van der Waals surface area contributed by atoms with Crippen molar-refractivity contribution in [3.8, 4) is 5.75 Å². The van der Waals surface area contributed by atoms with Gasteiger partial charge in [0.2, 0.25) is 0 Å². The van der Waals surface area contributed by atoms with Crippen LogP contribution in [-0.2, 0) is 11.3 Å². The smallest absolute Gasteiger partial charge is 0.130 e. The Labute approximate surface area is 142 Å². The largest absolute Gasteiger partial charge is 0.492 e. The minimum Gasteiger partial charge on any atom is -0.492 e. The fourth-order valence-corrected chi connectivity index (χ4v) is 4.26. The zero-order valence-electron chi connectivity index (χ0n) is 13.9. The Hall–Kier alpha value is -1.91. The van der Waals surface area contributed by atoms with Crippen LogP contribution in [0.3, 0.4) is 0 Å². The van der Waals surface area contributed by atoms with Gasteiger partial charge in [0.25, 0.3) is 0 Å². The van der Waals surface area contributed by atoms with Crippen molar-refractivity contribution in [2.75, 3.05) is 33.4 Å². The third-order valence-corrected chi connectivity index (χ3v) is 5.28. The third kappa shape index (κ3) is 2.60. The highest BCUT2D eigenvalue weighted by Crippen LogP contribution is 2.50. The molecule has 1 fully saturated rings. The molecule has 0 saturated carbocycles. The van der Waals surface area contributed by atoms with Crippen molar-refractivity contribution in [1.82, 2.24) is 4.90 Å². The molecule has 0 unspecified atom stereocenters. The molecule has 0 amide bonds. The third-order valence-electron chi connectivity index (χ3n) is 5.28. The minimum absolute atomic E-state index is 0.103. The molecule has 0 aromatic heterocycles. The Balaban J connectivity index is 1.66. The van der Waals surface area contributed by atoms with Gasteiger partial charge in [-0.15, -0.1) is 0 Å². The van der Waals surface area contributed by atoms with Crippen LogP contribution in [0.25, 0.3) is 0 Å². The van der Waals surface area contributed by atoms with Gasteiger partial charge in [-0.05, 0) is 17.7 Å². The lowest BCUT2D eigenvalue weighted by molar-refractivity contribution is 0.0210. The first-order valence-electron chi connectivity index (χ1n) is 8.38. The molecule has 2 heterocycles. The number of fused-ring (bicyclic) bond motifs is 3. The molecule has 2 aliphatic rings. The maximum Gasteiger partial charge on any atom is 0.130 e. The van der Waals surface area contributed by atoms with E-state index in [-0.39, 0.29) is 17.2 Å². The molecular weight excluding hydrogens is 305 g/mol. The van der Waals surface area contributed by atoms with Crippen molar-refractivity contribution in [3.63, 3.8) is 0 Å². The minimum atomic E-state index is -0.182. The van der Waals surface area contributed by atoms with Gasteiger partial charge in [0.1, 0.15) is 11.6 Å². The number of halogens is 1. The van der Waals surface area contributed by atoms with Crippen molar-refractivity contribution in [1.29, 1.82) is 0 Å². The maximum absolute atomic E-state index is 14.5. The number of nitrogens with zero attached hydrogens (tertiary/aromatic N) is 1. The molecule has 2 atom stereocenters. The molecule has 0 radical (unpaired) electrons. The summed E-state index contributed by atoms with van der Waals surface area (Å²) < 4.78 is 26.0. The molecule has 24 heavy (non-hydrogen) atoms. The van der Waals surface area contributed by atoms with Crippen LogP contribution in [0.4, 0.5) is 4.39 Å². The molecule has 2 aromatic carbocycles. The van der Waals surface area contributed by atoms with E-state index in [4.69, 9.17) is 9.47 Å². The van der Waals surface area contributed by atoms with Gasteiger partial charge in [0, 0.05) is 43.6 Å². The highest BCUT2D eigenvalue weighted by atomic mass is 19.1. The van der Waals surface area contributed by atoms with E-state index < -0.39 is 0 Å². The lowest BCUT2D eigenvalue weighted by Gasteiger charge is -2.39. The van der Waals surface area contributed by atoms with Crippen molar-refractivity contribution in [3.05, 3.63) is 65.5 Å². The highest BCUT2D eigenvalue weighted by molar-refractivity contribution is 5.42. The van der Waals surface area contributed by atoms with Crippen LogP contribution >= 0.6 is 0 Å². The predicted molar refractivity (Wildman–Crippen MR) is 90.7 cm³/mol. The number of ether oxygens (including phenoxy) is 2. The number of rotatable bonds is 4. The van der Waals surface area contributed by atoms with Gasteiger partial charge in [-0.2, -0.15) is 0 Å². The predicted octanol–water partition coefficient (Wildman–Crippen LogP) is 3.45. The molecule has 126 valence electrons. The summed E-state index contributed by atoms with van der Waals surface area (Å²) in [5, 5.41) is 0. The van der Waals surface area contributed by atoms with Crippen LogP contribution in [0.2, 0.25) is 0 Å². The van der Waals surface area contributed by atoms with Gasteiger partial charge in [-0.1, -0.05) is 36.4 Å². The van der Waals surface area contributed by atoms with Crippen LogP contribution in [0, 0.1) is 11.2 Å². The monoisotopic (exact) mass is 327 g/mol. The molecule has 1 saturated heterocycles. The summed E-state index contributed by atoms with van der Waals surface area (Å²) in [5.41, 5.74) is 1.81. The van der Waals surface area contributed by atoms with E-state index in [1.165, 1.54) is 11.6 Å². The molecule has 4 heteroatoms. The Morgan fingerprint density at radius 3 is 2.83 bits per heavy atom. The molecule has 2 aliphatic heterocycles. The van der Waals surface area contributed by atoms with E-state index in [1.54, 1.807) is 13.2 Å². The lowest BCUT2D eigenvalue weighted by atomic mass is 9.73. The van der Waals surface area contributed by atoms with E-state index in [2.05, 4.69) is 29.2 Å². The summed E-state index contributed by atoms with van der Waals surface area (Å²) in [6.07, 6.45) is 0. The average molecular weight is 327 g/mol. The zero-order chi connectivity index (χ0) is 16.6. The highest BCUT2D eigenvalue weighted by Gasteiger charge is 2.52. The summed E-state index contributed by atoms with van der Waals surface area (Å²) >= 11 is 0. The lowest BCUT2D eigenvalue weighted by Crippen LogP contribution is -2.43. The second kappa shape index (κ2) is 6.19. The fraction of sp³-hybridized carbons (Fsp3) is 0.400. The van der Waals surface area contributed by atoms with Gasteiger partial charge < -0.3 is 9.47 Å². The van der Waals surface area contributed by atoms with Crippen molar-refractivity contribution >= 4 is 0 Å². The summed E-state index contributed by atoms with van der Waals surface area (Å²) in [6, 6.07) is 15.5. The summed E-state index contributed by atoms with van der Waals surface area (Å²) in [6.45, 7) is 3.71. The first kappa shape index (κ1) is 15.6. The topological polar surface area (TPSA) is 21.7 Å². The van der Waals surface area contributed by atoms with Gasteiger partial charge in [-0.3, -0.25) is 4.90 Å². The van der Waals surface area contributed by atoms with Crippen LogP contribution in [0.15, 0.2) is 48.5 Å². The van der Waals surface area contributed by atoms with Gasteiger partial charge >= 0.3 is 0 Å². The molecule has 4 rings (SSSR count). The SMILES string of the molecule is COC[C@@]12COc3cccc(F)c3[C@@H]1CN(Cc1ccccc1)C2. The Kier molecular flexibility index (Phi) is 4.02. The van der Waals surface area contributed by atoms with E-state index in [0.29, 0.717) is 19.0 Å². The number of hydrogen-bond acceptors (Lipinski definition) is 3. The molecule has 2 aromatic rings. The second-order valence-electron chi connectivity index (χ2n) is 6.94. The standard InChI is InChI=1S/C20H22FNO2/c1-23-13-20-12-22(10-15-6-3-2-4-7-15)11-16(20)19-17(21)8-5-9-18(19)24-14-20/h2-9,16H,10-14H2,1H3/t16-,20-/m0/s1. The fourth-order valence-electron chi connectivity index (χ4n) is 4.26. The average Bonchev–Trinajstić information content (AvgIpc) is 2.94. The number of benzene rings is 2. The number of likely N-dealkylation sites (tertiary alicyclic amines) is 1. The van der Waals surface area contributed by atoms with E-state index in [9.17, 15) is 4.39 Å². The summed E-state index contributed by atoms with van der Waals surface area (Å²) in [5.74, 6) is 0.624. The van der Waals surface area contributed by atoms with Gasteiger partial charge in [-0.25, -0.2) is 4.39 Å². The van der Waals surface area contributed by atoms with Crippen LogP contribution < -0.4 is 4.74 Å². The quantitative estimate of drug-likeness (QED) is 0.858. The molecule has 0 aliphatic carbocycles. The number of methoxy groups -OCH3 is 1. The summed E-state index contributed by atoms with van der Waals surface area (Å²) in [4.78, 5) is 2.39. The molecule has 3 nitrogen and oxygen atoms in total. The van der Waals surface area contributed by atoms with Crippen molar-refractivity contribution in [2.24, 2.45) is 5.41 Å². The van der Waals surface area contributed by atoms with Crippen LogP contribution in [0.1, 0.15) is 17.0 Å². The van der Waals surface area contributed by atoms with Crippen molar-refractivity contribution < 1.29 is 13.9 Å². The Bertz CT molecular complexity index is 721. The number of hydrogen-bond donors (Lipinski definition) is 0. The van der Waals surface area contributed by atoms with Gasteiger partial charge in [0.05, 0.1) is 13.2 Å². The first-order chi connectivity index (χ1) is 11.7. The molecule has 0 bridgehead atoms. The van der Waals surface area contributed by atoms with Gasteiger partial charge in [0.15, 0.2) is 0 Å². The molecule has 0 N–H and O–H groups in total. The van der Waals surface area contributed by atoms with Crippen LogP contribution in [-0.4, -0.2) is 38.3 Å². The first-order valence-corrected chi connectivity index (χ1v) is 8.38. The zero-order valence-corrected chi connectivity index (χ0v) is 13.9. The van der Waals surface area contributed by atoms with Crippen LogP contribution in [0.5, 0.6) is 5.75 Å². The van der Waals surface area contributed by atoms with E-state index in [1.807, 2.05) is 12.1 Å². The molecule has 0 spiro atoms.